The lowest BCUT2D eigenvalue weighted by Crippen LogP contribution is -2.51. The molecule has 4 atom stereocenters. The lowest BCUT2D eigenvalue weighted by atomic mass is 9.93. The molecule has 2 fully saturated rings. The molecule has 0 amide bonds. The van der Waals surface area contributed by atoms with Gasteiger partial charge in [0.05, 0.1) is 18.8 Å². The summed E-state index contributed by atoms with van der Waals surface area (Å²) in [7, 11) is 0. The maximum Gasteiger partial charge on any atom is 0.238 e. The van der Waals surface area contributed by atoms with Gasteiger partial charge in [-0.3, -0.25) is 4.68 Å². The fourth-order valence-electron chi connectivity index (χ4n) is 4.03. The SMILES string of the molecule is Cc1ccc(Cc2c(O[C@H]3C[C@@H](O)[C@H](O)[C@@H](CO)O3)nn(C3CCC3)c2C)cc1F. The third-order valence-corrected chi connectivity index (χ3v) is 6.23. The molecule has 1 saturated carbocycles. The lowest BCUT2D eigenvalue weighted by molar-refractivity contribution is -0.230. The van der Waals surface area contributed by atoms with Crippen LogP contribution in [-0.2, 0) is 11.2 Å². The lowest BCUT2D eigenvalue weighted by Gasteiger charge is -2.35. The third-order valence-electron chi connectivity index (χ3n) is 6.23. The molecule has 1 aromatic carbocycles. The number of hydrogen-bond acceptors (Lipinski definition) is 6. The maximum atomic E-state index is 14.1. The summed E-state index contributed by atoms with van der Waals surface area (Å²) < 4.78 is 27.7. The molecular weight excluding hydrogens is 391 g/mol. The monoisotopic (exact) mass is 420 g/mol. The molecular formula is C22H29FN2O5. The molecule has 30 heavy (non-hydrogen) atoms. The van der Waals surface area contributed by atoms with E-state index in [1.165, 1.54) is 6.07 Å². The van der Waals surface area contributed by atoms with E-state index in [9.17, 15) is 19.7 Å². The maximum absolute atomic E-state index is 14.1. The first-order valence-corrected chi connectivity index (χ1v) is 10.5. The van der Waals surface area contributed by atoms with Crippen LogP contribution in [0.25, 0.3) is 0 Å². The Kier molecular flexibility index (Phi) is 6.11. The number of aliphatic hydroxyl groups excluding tert-OH is 3. The van der Waals surface area contributed by atoms with Gasteiger partial charge >= 0.3 is 0 Å². The molecule has 1 saturated heterocycles. The van der Waals surface area contributed by atoms with Gasteiger partial charge in [-0.05, 0) is 50.3 Å². The van der Waals surface area contributed by atoms with Crippen LogP contribution in [0.2, 0.25) is 0 Å². The van der Waals surface area contributed by atoms with E-state index in [1.54, 1.807) is 13.0 Å². The molecule has 0 spiro atoms. The average Bonchev–Trinajstić information content (AvgIpc) is 2.95. The van der Waals surface area contributed by atoms with Gasteiger partial charge in [0, 0.05) is 24.1 Å². The second kappa shape index (κ2) is 8.63. The quantitative estimate of drug-likeness (QED) is 0.663. The first-order chi connectivity index (χ1) is 14.4. The Morgan fingerprint density at radius 1 is 1.27 bits per heavy atom. The van der Waals surface area contributed by atoms with Crippen molar-refractivity contribution >= 4 is 0 Å². The number of ether oxygens (including phenoxy) is 2. The van der Waals surface area contributed by atoms with Crippen LogP contribution in [-0.4, -0.2) is 56.3 Å². The summed E-state index contributed by atoms with van der Waals surface area (Å²) in [5.74, 6) is 0.128. The van der Waals surface area contributed by atoms with Crippen molar-refractivity contribution in [2.24, 2.45) is 0 Å². The first-order valence-electron chi connectivity index (χ1n) is 10.5. The van der Waals surface area contributed by atoms with Crippen LogP contribution in [0.1, 0.15) is 54.1 Å². The Balaban J connectivity index is 1.61. The molecule has 164 valence electrons. The first kappa shape index (κ1) is 21.2. The number of aryl methyl sites for hydroxylation is 1. The van der Waals surface area contributed by atoms with Crippen LogP contribution in [0.5, 0.6) is 5.88 Å². The number of hydrogen-bond donors (Lipinski definition) is 3. The van der Waals surface area contributed by atoms with E-state index in [4.69, 9.17) is 9.47 Å². The van der Waals surface area contributed by atoms with Gasteiger partial charge in [0.2, 0.25) is 12.2 Å². The van der Waals surface area contributed by atoms with Gasteiger partial charge in [0.1, 0.15) is 18.0 Å². The summed E-state index contributed by atoms with van der Waals surface area (Å²) in [6, 6.07) is 5.49. The van der Waals surface area contributed by atoms with Gasteiger partial charge in [-0.15, -0.1) is 5.10 Å². The Bertz CT molecular complexity index is 898. The molecule has 1 aromatic heterocycles. The second-order valence-electron chi connectivity index (χ2n) is 8.36. The summed E-state index contributed by atoms with van der Waals surface area (Å²) in [6.07, 6.45) is -0.230. The van der Waals surface area contributed by atoms with Crippen molar-refractivity contribution in [1.82, 2.24) is 9.78 Å². The summed E-state index contributed by atoms with van der Waals surface area (Å²) in [6.45, 7) is 3.28. The molecule has 1 aliphatic heterocycles. The van der Waals surface area contributed by atoms with E-state index in [1.807, 2.05) is 17.7 Å². The summed E-state index contributed by atoms with van der Waals surface area (Å²) in [5.41, 5.74) is 3.21. The van der Waals surface area contributed by atoms with E-state index in [2.05, 4.69) is 5.10 Å². The van der Waals surface area contributed by atoms with Crippen LogP contribution in [0, 0.1) is 19.7 Å². The van der Waals surface area contributed by atoms with Gasteiger partial charge in [-0.1, -0.05) is 12.1 Å². The van der Waals surface area contributed by atoms with Gasteiger partial charge in [0.25, 0.3) is 0 Å². The fraction of sp³-hybridized carbons (Fsp3) is 0.591. The molecule has 2 heterocycles. The fourth-order valence-corrected chi connectivity index (χ4v) is 4.03. The van der Waals surface area contributed by atoms with Gasteiger partial charge in [-0.2, -0.15) is 0 Å². The largest absolute Gasteiger partial charge is 0.446 e. The molecule has 0 unspecified atom stereocenters. The van der Waals surface area contributed by atoms with E-state index in [0.29, 0.717) is 23.9 Å². The predicted octanol–water partition coefficient (Wildman–Crippen LogP) is 2.16. The highest BCUT2D eigenvalue weighted by Crippen LogP contribution is 2.36. The Morgan fingerprint density at radius 3 is 2.67 bits per heavy atom. The number of rotatable bonds is 6. The summed E-state index contributed by atoms with van der Waals surface area (Å²) in [5, 5.41) is 34.1. The molecule has 0 radical (unpaired) electrons. The van der Waals surface area contributed by atoms with Crippen molar-refractivity contribution in [3.63, 3.8) is 0 Å². The third kappa shape index (κ3) is 4.09. The second-order valence-corrected chi connectivity index (χ2v) is 8.36. The van der Waals surface area contributed by atoms with Gasteiger partial charge in [0.15, 0.2) is 0 Å². The average molecular weight is 420 g/mol. The van der Waals surface area contributed by atoms with E-state index >= 15 is 0 Å². The van der Waals surface area contributed by atoms with Crippen LogP contribution in [0.15, 0.2) is 18.2 Å². The summed E-state index contributed by atoms with van der Waals surface area (Å²) in [4.78, 5) is 0. The molecule has 7 nitrogen and oxygen atoms in total. The number of nitrogens with zero attached hydrogens (tertiary/aromatic N) is 2. The number of halogens is 1. The minimum absolute atomic E-state index is 0.0611. The van der Waals surface area contributed by atoms with Crippen LogP contribution in [0.4, 0.5) is 4.39 Å². The van der Waals surface area contributed by atoms with Gasteiger partial charge in [-0.25, -0.2) is 4.39 Å². The van der Waals surface area contributed by atoms with E-state index < -0.39 is 31.2 Å². The minimum Gasteiger partial charge on any atom is -0.446 e. The smallest absolute Gasteiger partial charge is 0.238 e. The number of benzene rings is 1. The zero-order valence-corrected chi connectivity index (χ0v) is 17.3. The summed E-state index contributed by atoms with van der Waals surface area (Å²) >= 11 is 0. The van der Waals surface area contributed by atoms with Crippen molar-refractivity contribution in [2.75, 3.05) is 6.61 Å². The standard InChI is InChI=1S/C22H29FN2O5/c1-12-6-7-14(9-17(12)23)8-16-13(2)25(15-4-3-5-15)24-22(16)30-20-10-18(27)21(28)19(11-26)29-20/h6-7,9,15,18-21,26-28H,3-5,8,10-11H2,1-2H3/t18-,19-,20+,21+/m1/s1. The van der Waals surface area contributed by atoms with E-state index in [0.717, 1.165) is 36.1 Å². The van der Waals surface area contributed by atoms with Gasteiger partial charge < -0.3 is 24.8 Å². The van der Waals surface area contributed by atoms with Crippen LogP contribution in [0.3, 0.4) is 0 Å². The zero-order valence-electron chi connectivity index (χ0n) is 17.3. The van der Waals surface area contributed by atoms with Crippen LogP contribution >= 0.6 is 0 Å². The molecule has 0 bridgehead atoms. The van der Waals surface area contributed by atoms with E-state index in [-0.39, 0.29) is 12.2 Å². The number of aromatic nitrogens is 2. The van der Waals surface area contributed by atoms with Crippen LogP contribution < -0.4 is 4.74 Å². The molecule has 4 rings (SSSR count). The normalized spacial score (nSPS) is 27.1. The molecule has 3 N–H and O–H groups in total. The molecule has 2 aromatic rings. The van der Waals surface area contributed by atoms with Crippen molar-refractivity contribution in [3.8, 4) is 5.88 Å². The zero-order chi connectivity index (χ0) is 21.4. The van der Waals surface area contributed by atoms with Crippen molar-refractivity contribution in [2.45, 2.75) is 76.6 Å². The Morgan fingerprint density at radius 2 is 2.03 bits per heavy atom. The Hall–Kier alpha value is -2.00. The van der Waals surface area contributed by atoms with Crippen molar-refractivity contribution < 1.29 is 29.2 Å². The number of aliphatic hydroxyl groups is 3. The molecule has 1 aliphatic carbocycles. The molecule has 2 aliphatic rings. The molecule has 8 heteroatoms. The highest BCUT2D eigenvalue weighted by atomic mass is 19.1. The topological polar surface area (TPSA) is 97.0 Å². The predicted molar refractivity (Wildman–Crippen MR) is 107 cm³/mol. The highest BCUT2D eigenvalue weighted by molar-refractivity contribution is 5.37. The van der Waals surface area contributed by atoms with Crippen molar-refractivity contribution in [3.05, 3.63) is 46.4 Å². The highest BCUT2D eigenvalue weighted by Gasteiger charge is 2.38. The minimum atomic E-state index is -1.17. The Labute approximate surface area is 175 Å². The van der Waals surface area contributed by atoms with Crippen molar-refractivity contribution in [1.29, 1.82) is 0 Å².